The summed E-state index contributed by atoms with van der Waals surface area (Å²) in [5.41, 5.74) is 0. The lowest BCUT2D eigenvalue weighted by atomic mass is 10.1. The number of hydrogen-bond donors (Lipinski definition) is 1. The zero-order valence-corrected chi connectivity index (χ0v) is 11.1. The number of nitrogens with one attached hydrogen (secondary N) is 1. The second-order valence-corrected chi connectivity index (χ2v) is 5.09. The van der Waals surface area contributed by atoms with Gasteiger partial charge in [-0.2, -0.15) is 4.98 Å². The first-order valence-electron chi connectivity index (χ1n) is 6.96. The number of rotatable bonds is 7. The minimum atomic E-state index is 0.463. The van der Waals surface area contributed by atoms with Gasteiger partial charge in [0, 0.05) is 12.5 Å². The van der Waals surface area contributed by atoms with Crippen LogP contribution in [-0.4, -0.2) is 22.7 Å². The van der Waals surface area contributed by atoms with Crippen molar-refractivity contribution in [1.82, 2.24) is 15.5 Å². The molecule has 2 aromatic rings. The summed E-state index contributed by atoms with van der Waals surface area (Å²) in [5.74, 6) is 2.64. The van der Waals surface area contributed by atoms with Crippen molar-refractivity contribution >= 4 is 0 Å². The molecule has 0 amide bonds. The summed E-state index contributed by atoms with van der Waals surface area (Å²) < 4.78 is 10.6. The van der Waals surface area contributed by atoms with Crippen molar-refractivity contribution in [2.75, 3.05) is 6.54 Å². The highest BCUT2D eigenvalue weighted by molar-refractivity contribution is 5.44. The Balaban J connectivity index is 1.65. The van der Waals surface area contributed by atoms with E-state index in [-0.39, 0.29) is 0 Å². The molecule has 19 heavy (non-hydrogen) atoms. The Morgan fingerprint density at radius 2 is 2.37 bits per heavy atom. The maximum Gasteiger partial charge on any atom is 0.238 e. The van der Waals surface area contributed by atoms with Crippen molar-refractivity contribution < 1.29 is 8.94 Å². The summed E-state index contributed by atoms with van der Waals surface area (Å²) in [7, 11) is 0. The van der Waals surface area contributed by atoms with E-state index in [1.807, 2.05) is 12.1 Å². The first-order valence-corrected chi connectivity index (χ1v) is 6.96. The van der Waals surface area contributed by atoms with E-state index in [9.17, 15) is 0 Å². The molecule has 1 N–H and O–H groups in total. The smallest absolute Gasteiger partial charge is 0.238 e. The summed E-state index contributed by atoms with van der Waals surface area (Å²) in [6, 6.07) is 4.12. The number of nitrogens with zero attached hydrogens (tertiary/aromatic N) is 2. The van der Waals surface area contributed by atoms with Crippen LogP contribution in [0, 0.1) is 5.92 Å². The fourth-order valence-electron chi connectivity index (χ4n) is 2.27. The molecule has 1 unspecified atom stereocenters. The van der Waals surface area contributed by atoms with Gasteiger partial charge in [0.25, 0.3) is 0 Å². The van der Waals surface area contributed by atoms with E-state index in [1.54, 1.807) is 6.26 Å². The van der Waals surface area contributed by atoms with Crippen LogP contribution in [0.4, 0.5) is 0 Å². The zero-order chi connectivity index (χ0) is 13.1. The van der Waals surface area contributed by atoms with Crippen LogP contribution in [0.5, 0.6) is 0 Å². The summed E-state index contributed by atoms with van der Waals surface area (Å²) in [6.45, 7) is 3.22. The average Bonchev–Trinajstić information content (AvgIpc) is 2.93. The van der Waals surface area contributed by atoms with Gasteiger partial charge in [-0.1, -0.05) is 12.1 Å². The van der Waals surface area contributed by atoms with Crippen molar-refractivity contribution in [3.05, 3.63) is 24.3 Å². The van der Waals surface area contributed by atoms with Crippen LogP contribution in [0.1, 0.15) is 32.1 Å². The Morgan fingerprint density at radius 3 is 3.05 bits per heavy atom. The monoisotopic (exact) mass is 261 g/mol. The lowest BCUT2D eigenvalue weighted by molar-refractivity contribution is 0.345. The van der Waals surface area contributed by atoms with Gasteiger partial charge in [-0.05, 0) is 43.9 Å². The molecule has 1 aliphatic rings. The molecule has 1 aliphatic carbocycles. The summed E-state index contributed by atoms with van der Waals surface area (Å²) in [6.07, 6.45) is 6.17. The van der Waals surface area contributed by atoms with E-state index in [1.165, 1.54) is 12.8 Å². The van der Waals surface area contributed by atoms with Crippen molar-refractivity contribution in [3.8, 4) is 11.6 Å². The van der Waals surface area contributed by atoms with Crippen LogP contribution in [0.3, 0.4) is 0 Å². The predicted octanol–water partition coefficient (Wildman–Crippen LogP) is 2.65. The van der Waals surface area contributed by atoms with Crippen LogP contribution < -0.4 is 5.32 Å². The van der Waals surface area contributed by atoms with Gasteiger partial charge in [-0.25, -0.2) is 0 Å². The first-order chi connectivity index (χ1) is 9.36. The van der Waals surface area contributed by atoms with Gasteiger partial charge in [-0.15, -0.1) is 0 Å². The average molecular weight is 261 g/mol. The molecule has 3 rings (SSSR count). The molecule has 0 spiro atoms. The van der Waals surface area contributed by atoms with E-state index in [4.69, 9.17) is 8.94 Å². The van der Waals surface area contributed by atoms with Crippen LogP contribution >= 0.6 is 0 Å². The van der Waals surface area contributed by atoms with Crippen LogP contribution in [0.2, 0.25) is 0 Å². The molecular weight excluding hydrogens is 242 g/mol. The Hall–Kier alpha value is -1.62. The lowest BCUT2D eigenvalue weighted by Crippen LogP contribution is -2.33. The fraction of sp³-hybridized carbons (Fsp3) is 0.571. The van der Waals surface area contributed by atoms with Gasteiger partial charge in [0.2, 0.25) is 11.7 Å². The van der Waals surface area contributed by atoms with Gasteiger partial charge in [0.05, 0.1) is 6.26 Å². The largest absolute Gasteiger partial charge is 0.461 e. The van der Waals surface area contributed by atoms with E-state index in [0.29, 0.717) is 23.5 Å². The van der Waals surface area contributed by atoms with Crippen LogP contribution in [-0.2, 0) is 6.42 Å². The SMILES string of the molecule is CCCNC(Cc1nc(-c2ccco2)no1)C1CC1. The first kappa shape index (κ1) is 12.4. The van der Waals surface area contributed by atoms with Crippen LogP contribution in [0.25, 0.3) is 11.6 Å². The van der Waals surface area contributed by atoms with Gasteiger partial charge in [0.15, 0.2) is 5.76 Å². The minimum Gasteiger partial charge on any atom is -0.461 e. The van der Waals surface area contributed by atoms with Crippen molar-refractivity contribution in [3.63, 3.8) is 0 Å². The van der Waals surface area contributed by atoms with E-state index < -0.39 is 0 Å². The van der Waals surface area contributed by atoms with Gasteiger partial charge in [-0.3, -0.25) is 0 Å². The molecule has 5 nitrogen and oxygen atoms in total. The quantitative estimate of drug-likeness (QED) is 0.830. The normalized spacial score (nSPS) is 16.7. The molecule has 1 atom stereocenters. The van der Waals surface area contributed by atoms with Crippen molar-refractivity contribution in [2.45, 2.75) is 38.6 Å². The molecule has 0 aromatic carbocycles. The molecule has 5 heteroatoms. The highest BCUT2D eigenvalue weighted by Crippen LogP contribution is 2.34. The topological polar surface area (TPSA) is 64.1 Å². The molecule has 1 fully saturated rings. The number of furan rings is 1. The van der Waals surface area contributed by atoms with Gasteiger partial charge >= 0.3 is 0 Å². The Kier molecular flexibility index (Phi) is 3.64. The Morgan fingerprint density at radius 1 is 1.47 bits per heavy atom. The standard InChI is InChI=1S/C14H19N3O2/c1-2-7-15-11(10-5-6-10)9-13-16-14(17-19-13)12-4-3-8-18-12/h3-4,8,10-11,15H,2,5-7,9H2,1H3. The van der Waals surface area contributed by atoms with Crippen LogP contribution in [0.15, 0.2) is 27.3 Å². The molecule has 2 heterocycles. The highest BCUT2D eigenvalue weighted by Gasteiger charge is 2.32. The molecule has 102 valence electrons. The minimum absolute atomic E-state index is 0.463. The summed E-state index contributed by atoms with van der Waals surface area (Å²) in [5, 5.41) is 7.54. The third kappa shape index (κ3) is 3.04. The maximum absolute atomic E-state index is 5.32. The van der Waals surface area contributed by atoms with Gasteiger partial charge < -0.3 is 14.3 Å². The molecule has 1 saturated carbocycles. The second kappa shape index (κ2) is 5.57. The van der Waals surface area contributed by atoms with E-state index in [2.05, 4.69) is 22.4 Å². The van der Waals surface area contributed by atoms with Gasteiger partial charge in [0.1, 0.15) is 0 Å². The molecule has 0 aliphatic heterocycles. The lowest BCUT2D eigenvalue weighted by Gasteiger charge is -2.15. The van der Waals surface area contributed by atoms with Crippen molar-refractivity contribution in [1.29, 1.82) is 0 Å². The molecule has 0 saturated heterocycles. The summed E-state index contributed by atoms with van der Waals surface area (Å²) in [4.78, 5) is 4.40. The second-order valence-electron chi connectivity index (χ2n) is 5.09. The van der Waals surface area contributed by atoms with E-state index in [0.717, 1.165) is 25.3 Å². The highest BCUT2D eigenvalue weighted by atomic mass is 16.5. The fourth-order valence-corrected chi connectivity index (χ4v) is 2.27. The third-order valence-corrected chi connectivity index (χ3v) is 3.45. The van der Waals surface area contributed by atoms with Crippen molar-refractivity contribution in [2.24, 2.45) is 5.92 Å². The Bertz CT molecular complexity index is 503. The zero-order valence-electron chi connectivity index (χ0n) is 11.1. The molecule has 0 bridgehead atoms. The summed E-state index contributed by atoms with van der Waals surface area (Å²) >= 11 is 0. The number of hydrogen-bond acceptors (Lipinski definition) is 5. The Labute approximate surface area is 112 Å². The van der Waals surface area contributed by atoms with E-state index >= 15 is 0 Å². The molecular formula is C14H19N3O2. The predicted molar refractivity (Wildman–Crippen MR) is 70.5 cm³/mol. The molecule has 0 radical (unpaired) electrons. The number of aromatic nitrogens is 2. The molecule has 2 aromatic heterocycles. The maximum atomic E-state index is 5.32. The third-order valence-electron chi connectivity index (χ3n) is 3.45.